The predicted octanol–water partition coefficient (Wildman–Crippen LogP) is 3.38. The third-order valence-corrected chi connectivity index (χ3v) is 6.27. The van der Waals surface area contributed by atoms with Gasteiger partial charge in [0.1, 0.15) is 5.75 Å². The lowest BCUT2D eigenvalue weighted by Gasteiger charge is -2.22. The van der Waals surface area contributed by atoms with Gasteiger partial charge in [0.05, 0.1) is 7.11 Å². The van der Waals surface area contributed by atoms with Gasteiger partial charge in [0.15, 0.2) is 5.96 Å². The highest BCUT2D eigenvalue weighted by Gasteiger charge is 2.26. The first-order valence-corrected chi connectivity index (χ1v) is 11.1. The molecule has 31 heavy (non-hydrogen) atoms. The van der Waals surface area contributed by atoms with E-state index >= 15 is 0 Å². The van der Waals surface area contributed by atoms with Crippen molar-refractivity contribution in [2.24, 2.45) is 4.99 Å². The molecule has 4 rings (SSSR count). The van der Waals surface area contributed by atoms with Crippen LogP contribution in [0.2, 0.25) is 0 Å². The molecule has 1 amide bonds. The predicted molar refractivity (Wildman–Crippen MR) is 123 cm³/mol. The Hall–Kier alpha value is -3.02. The van der Waals surface area contributed by atoms with Crippen molar-refractivity contribution < 1.29 is 9.53 Å². The van der Waals surface area contributed by atoms with Crippen LogP contribution in [0.4, 0.5) is 0 Å². The average Bonchev–Trinajstić information content (AvgIpc) is 3.44. The monoisotopic (exact) mass is 420 g/mol. The van der Waals surface area contributed by atoms with Crippen LogP contribution in [0.15, 0.2) is 53.5 Å². The highest BCUT2D eigenvalue weighted by molar-refractivity contribution is 5.80. The largest absolute Gasteiger partial charge is 0.497 e. The molecular formula is C25H32N4O2. The van der Waals surface area contributed by atoms with Crippen LogP contribution in [0.1, 0.15) is 41.9 Å². The van der Waals surface area contributed by atoms with Gasteiger partial charge in [-0.3, -0.25) is 9.79 Å². The van der Waals surface area contributed by atoms with Gasteiger partial charge < -0.3 is 19.9 Å². The average molecular weight is 421 g/mol. The molecule has 1 N–H and O–H groups in total. The fourth-order valence-corrected chi connectivity index (χ4v) is 4.54. The zero-order chi connectivity index (χ0) is 21.6. The number of likely N-dealkylation sites (tertiary alicyclic amines) is 2. The van der Waals surface area contributed by atoms with E-state index in [0.29, 0.717) is 18.9 Å². The lowest BCUT2D eigenvalue weighted by Crippen LogP contribution is -2.39. The first-order valence-electron chi connectivity index (χ1n) is 11.1. The van der Waals surface area contributed by atoms with Gasteiger partial charge in [-0.05, 0) is 41.7 Å². The number of ether oxygens (including phenoxy) is 1. The fourth-order valence-electron chi connectivity index (χ4n) is 4.54. The Bertz CT molecular complexity index is 925. The van der Waals surface area contributed by atoms with Gasteiger partial charge in [0.25, 0.3) is 0 Å². The SMILES string of the molecule is CN=C(NCc1cccc(CN2CCCC2=O)c1)N1CCC(c2ccc(OC)cc2)C1. The van der Waals surface area contributed by atoms with E-state index in [0.717, 1.165) is 50.7 Å². The molecule has 2 saturated heterocycles. The molecule has 2 aliphatic heterocycles. The second kappa shape index (κ2) is 9.86. The molecule has 2 heterocycles. The summed E-state index contributed by atoms with van der Waals surface area (Å²) >= 11 is 0. The van der Waals surface area contributed by atoms with Crippen molar-refractivity contribution in [2.45, 2.75) is 38.3 Å². The van der Waals surface area contributed by atoms with E-state index in [1.54, 1.807) is 7.11 Å². The molecule has 0 aliphatic carbocycles. The number of carbonyl (C=O) groups excluding carboxylic acids is 1. The van der Waals surface area contributed by atoms with Crippen molar-refractivity contribution in [1.29, 1.82) is 0 Å². The molecule has 6 nitrogen and oxygen atoms in total. The molecule has 0 aromatic heterocycles. The van der Waals surface area contributed by atoms with Gasteiger partial charge >= 0.3 is 0 Å². The molecule has 1 unspecified atom stereocenters. The fraction of sp³-hybridized carbons (Fsp3) is 0.440. The number of methoxy groups -OCH3 is 1. The van der Waals surface area contributed by atoms with Gasteiger partial charge in [0.2, 0.25) is 5.91 Å². The molecule has 2 aromatic rings. The maximum Gasteiger partial charge on any atom is 0.222 e. The number of aliphatic imine (C=N–C) groups is 1. The van der Waals surface area contributed by atoms with Crippen LogP contribution in [0.3, 0.4) is 0 Å². The number of carbonyl (C=O) groups is 1. The molecule has 2 fully saturated rings. The number of hydrogen-bond acceptors (Lipinski definition) is 3. The molecule has 1 atom stereocenters. The van der Waals surface area contributed by atoms with Crippen molar-refractivity contribution in [3.05, 3.63) is 65.2 Å². The van der Waals surface area contributed by atoms with Crippen LogP contribution in [-0.4, -0.2) is 55.5 Å². The Balaban J connectivity index is 1.32. The third-order valence-electron chi connectivity index (χ3n) is 6.27. The number of rotatable bonds is 6. The standard InChI is InChI=1S/C25H32N4O2/c1-26-25(29-14-12-22(18-29)21-8-10-23(31-2)11-9-21)27-16-19-5-3-6-20(15-19)17-28-13-4-7-24(28)30/h3,5-6,8-11,15,22H,4,7,12-14,16-18H2,1-2H3,(H,26,27). The van der Waals surface area contributed by atoms with Crippen molar-refractivity contribution in [2.75, 3.05) is 33.8 Å². The maximum atomic E-state index is 11.9. The normalized spacial score (nSPS) is 19.2. The Morgan fingerprint density at radius 3 is 2.68 bits per heavy atom. The summed E-state index contributed by atoms with van der Waals surface area (Å²) in [5.74, 6) is 2.61. The van der Waals surface area contributed by atoms with Crippen molar-refractivity contribution in [1.82, 2.24) is 15.1 Å². The summed E-state index contributed by atoms with van der Waals surface area (Å²) < 4.78 is 5.27. The molecule has 2 aliphatic rings. The molecule has 0 radical (unpaired) electrons. The minimum absolute atomic E-state index is 0.268. The summed E-state index contributed by atoms with van der Waals surface area (Å²) in [4.78, 5) is 20.7. The topological polar surface area (TPSA) is 57.2 Å². The summed E-state index contributed by atoms with van der Waals surface area (Å²) in [5, 5.41) is 3.52. The van der Waals surface area contributed by atoms with Gasteiger partial charge in [-0.1, -0.05) is 36.4 Å². The van der Waals surface area contributed by atoms with Crippen LogP contribution in [0.5, 0.6) is 5.75 Å². The highest BCUT2D eigenvalue weighted by Crippen LogP contribution is 2.28. The molecule has 164 valence electrons. The Labute approximate surface area is 184 Å². The molecule has 0 bridgehead atoms. The summed E-state index contributed by atoms with van der Waals surface area (Å²) in [6.45, 7) is 4.25. The van der Waals surface area contributed by atoms with Crippen LogP contribution < -0.4 is 10.1 Å². The summed E-state index contributed by atoms with van der Waals surface area (Å²) in [6.07, 6.45) is 2.78. The van der Waals surface area contributed by atoms with E-state index in [1.165, 1.54) is 16.7 Å². The maximum absolute atomic E-state index is 11.9. The third kappa shape index (κ3) is 5.19. The number of nitrogens with zero attached hydrogens (tertiary/aromatic N) is 3. The number of amides is 1. The summed E-state index contributed by atoms with van der Waals surface area (Å²) in [6, 6.07) is 16.9. The second-order valence-corrected chi connectivity index (χ2v) is 8.34. The molecular weight excluding hydrogens is 388 g/mol. The zero-order valence-corrected chi connectivity index (χ0v) is 18.5. The first-order chi connectivity index (χ1) is 15.2. The second-order valence-electron chi connectivity index (χ2n) is 8.34. The summed E-state index contributed by atoms with van der Waals surface area (Å²) in [7, 11) is 3.54. The molecule has 2 aromatic carbocycles. The number of nitrogens with one attached hydrogen (secondary N) is 1. The minimum Gasteiger partial charge on any atom is -0.497 e. The lowest BCUT2D eigenvalue weighted by molar-refractivity contribution is -0.128. The zero-order valence-electron chi connectivity index (χ0n) is 18.5. The van der Waals surface area contributed by atoms with E-state index in [1.807, 2.05) is 24.1 Å². The molecule has 6 heteroatoms. The molecule has 0 spiro atoms. The smallest absolute Gasteiger partial charge is 0.222 e. The number of guanidine groups is 1. The van der Waals surface area contributed by atoms with E-state index < -0.39 is 0 Å². The Morgan fingerprint density at radius 2 is 1.97 bits per heavy atom. The van der Waals surface area contributed by atoms with Crippen LogP contribution in [0, 0.1) is 0 Å². The van der Waals surface area contributed by atoms with Gasteiger partial charge in [-0.2, -0.15) is 0 Å². The molecule has 0 saturated carbocycles. The van der Waals surface area contributed by atoms with E-state index in [-0.39, 0.29) is 5.91 Å². The quantitative estimate of drug-likeness (QED) is 0.575. The Kier molecular flexibility index (Phi) is 6.75. The van der Waals surface area contributed by atoms with E-state index in [2.05, 4.69) is 51.6 Å². The Morgan fingerprint density at radius 1 is 1.16 bits per heavy atom. The first kappa shape index (κ1) is 21.2. The van der Waals surface area contributed by atoms with Crippen LogP contribution in [0.25, 0.3) is 0 Å². The van der Waals surface area contributed by atoms with Crippen molar-refractivity contribution in [3.8, 4) is 5.75 Å². The van der Waals surface area contributed by atoms with E-state index in [4.69, 9.17) is 4.74 Å². The van der Waals surface area contributed by atoms with E-state index in [9.17, 15) is 4.79 Å². The van der Waals surface area contributed by atoms with Gasteiger partial charge in [-0.25, -0.2) is 0 Å². The lowest BCUT2D eigenvalue weighted by atomic mass is 9.98. The van der Waals surface area contributed by atoms with Gasteiger partial charge in [-0.15, -0.1) is 0 Å². The number of hydrogen-bond donors (Lipinski definition) is 1. The minimum atomic E-state index is 0.268. The highest BCUT2D eigenvalue weighted by atomic mass is 16.5. The van der Waals surface area contributed by atoms with Crippen molar-refractivity contribution >= 4 is 11.9 Å². The van der Waals surface area contributed by atoms with Gasteiger partial charge in [0, 0.05) is 52.1 Å². The van der Waals surface area contributed by atoms with Crippen molar-refractivity contribution in [3.63, 3.8) is 0 Å². The van der Waals surface area contributed by atoms with Crippen LogP contribution in [-0.2, 0) is 17.9 Å². The summed E-state index contributed by atoms with van der Waals surface area (Å²) in [5.41, 5.74) is 3.74. The van der Waals surface area contributed by atoms with Crippen LogP contribution >= 0.6 is 0 Å². The number of benzene rings is 2.